The normalized spacial score (nSPS) is 27.4. The number of hydrogen-bond donors (Lipinski definition) is 3. The number of esters is 1. The second-order valence-corrected chi connectivity index (χ2v) is 10.9. The van der Waals surface area contributed by atoms with Crippen LogP contribution in [0, 0.1) is 11.8 Å². The Labute approximate surface area is 227 Å². The molecule has 0 saturated heterocycles. The molecule has 0 aliphatic carbocycles. The first-order valence-electron chi connectivity index (χ1n) is 12.5. The fraction of sp³-hybridized carbons (Fsp3) is 0.556. The van der Waals surface area contributed by atoms with Gasteiger partial charge >= 0.3 is 5.97 Å². The van der Waals surface area contributed by atoms with Crippen LogP contribution in [-0.2, 0) is 30.3 Å². The standard InChI is InChI=1S/C27H38BrN3O6/c1-15-9-16(2)11-18(4)37-27(36)19(5)30-26(35)22(13-20-7-8-23(32)21(28)12-20)31(6)24(33)14-29-25(34)17(3)10-15/h7-9,12,16-19,22,32H,10-11,13-14H2,1-6H3,(H,29,34)(H,30,35)/t16-,17?,18-,19-,22?/m1/s1. The lowest BCUT2D eigenvalue weighted by Crippen LogP contribution is -2.54. The van der Waals surface area contributed by atoms with E-state index >= 15 is 0 Å². The number of rotatable bonds is 2. The highest BCUT2D eigenvalue weighted by Gasteiger charge is 2.31. The van der Waals surface area contributed by atoms with Crippen molar-refractivity contribution in [3.8, 4) is 5.75 Å². The Morgan fingerprint density at radius 2 is 1.78 bits per heavy atom. The number of ether oxygens (including phenoxy) is 1. The van der Waals surface area contributed by atoms with Gasteiger partial charge < -0.3 is 25.4 Å². The molecule has 37 heavy (non-hydrogen) atoms. The Morgan fingerprint density at radius 1 is 1.11 bits per heavy atom. The minimum atomic E-state index is -0.977. The third-order valence-corrected chi connectivity index (χ3v) is 7.03. The summed E-state index contributed by atoms with van der Waals surface area (Å²) in [6, 6.07) is 2.89. The molecule has 0 fully saturated rings. The monoisotopic (exact) mass is 579 g/mol. The largest absolute Gasteiger partial charge is 0.507 e. The first kappa shape index (κ1) is 30.3. The predicted octanol–water partition coefficient (Wildman–Crippen LogP) is 3.09. The summed E-state index contributed by atoms with van der Waals surface area (Å²) in [7, 11) is 1.48. The molecule has 0 radical (unpaired) electrons. The molecule has 0 saturated carbocycles. The Hall–Kier alpha value is -2.88. The highest BCUT2D eigenvalue weighted by Crippen LogP contribution is 2.25. The first-order chi connectivity index (χ1) is 17.3. The van der Waals surface area contributed by atoms with Crippen LogP contribution in [0.25, 0.3) is 0 Å². The van der Waals surface area contributed by atoms with Crippen molar-refractivity contribution >= 4 is 39.6 Å². The molecule has 1 aliphatic heterocycles. The molecule has 1 aromatic rings. The van der Waals surface area contributed by atoms with Gasteiger partial charge in [0.15, 0.2) is 0 Å². The van der Waals surface area contributed by atoms with E-state index in [1.165, 1.54) is 24.9 Å². The van der Waals surface area contributed by atoms with E-state index in [0.717, 1.165) is 5.57 Å². The second kappa shape index (κ2) is 13.6. The van der Waals surface area contributed by atoms with Crippen molar-refractivity contribution in [1.82, 2.24) is 15.5 Å². The Balaban J connectivity index is 2.34. The van der Waals surface area contributed by atoms with Crippen LogP contribution in [-0.4, -0.2) is 65.5 Å². The van der Waals surface area contributed by atoms with Gasteiger partial charge in [0.05, 0.1) is 17.1 Å². The molecule has 5 atom stereocenters. The number of amides is 3. The van der Waals surface area contributed by atoms with Gasteiger partial charge in [-0.2, -0.15) is 0 Å². The Kier molecular flexibility index (Phi) is 11.2. The van der Waals surface area contributed by atoms with Crippen molar-refractivity contribution < 1.29 is 29.0 Å². The molecule has 9 nitrogen and oxygen atoms in total. The van der Waals surface area contributed by atoms with Crippen molar-refractivity contribution in [2.75, 3.05) is 13.6 Å². The zero-order chi connectivity index (χ0) is 27.9. The Bertz CT molecular complexity index is 1040. The minimum Gasteiger partial charge on any atom is -0.507 e. The molecular formula is C27H38BrN3O6. The van der Waals surface area contributed by atoms with E-state index in [1.54, 1.807) is 26.0 Å². The van der Waals surface area contributed by atoms with E-state index in [0.29, 0.717) is 22.9 Å². The lowest BCUT2D eigenvalue weighted by Gasteiger charge is -2.29. The van der Waals surface area contributed by atoms with Gasteiger partial charge in [-0.15, -0.1) is 0 Å². The predicted molar refractivity (Wildman–Crippen MR) is 144 cm³/mol. The molecular weight excluding hydrogens is 542 g/mol. The SMILES string of the molecule is CC1=C[C@@H](C)C[C@@H](C)OC(=O)[C@@H](C)NC(=O)C(Cc2ccc(O)c(Br)c2)N(C)C(=O)CNC(=O)C(C)C1. The van der Waals surface area contributed by atoms with E-state index in [2.05, 4.69) is 32.6 Å². The average molecular weight is 581 g/mol. The number of carbonyl (C=O) groups is 4. The number of cyclic esters (lactones) is 1. The summed E-state index contributed by atoms with van der Waals surface area (Å²) in [5.74, 6) is -1.98. The average Bonchev–Trinajstić information content (AvgIpc) is 2.81. The fourth-order valence-electron chi connectivity index (χ4n) is 4.38. The molecule has 0 aromatic heterocycles. The molecule has 204 valence electrons. The maximum absolute atomic E-state index is 13.3. The van der Waals surface area contributed by atoms with Crippen LogP contribution in [0.5, 0.6) is 5.75 Å². The van der Waals surface area contributed by atoms with E-state index in [4.69, 9.17) is 4.74 Å². The third kappa shape index (κ3) is 9.18. The number of allylic oxidation sites excluding steroid dienone is 2. The number of nitrogens with one attached hydrogen (secondary N) is 2. The highest BCUT2D eigenvalue weighted by molar-refractivity contribution is 9.10. The lowest BCUT2D eigenvalue weighted by atomic mass is 9.96. The summed E-state index contributed by atoms with van der Waals surface area (Å²) in [5.41, 5.74) is 1.73. The molecule has 10 heteroatoms. The number of aromatic hydroxyl groups is 1. The van der Waals surface area contributed by atoms with Gasteiger partial charge in [0, 0.05) is 19.4 Å². The fourth-order valence-corrected chi connectivity index (χ4v) is 4.81. The lowest BCUT2D eigenvalue weighted by molar-refractivity contribution is -0.153. The molecule has 3 amide bonds. The van der Waals surface area contributed by atoms with Gasteiger partial charge in [-0.25, -0.2) is 4.79 Å². The molecule has 0 bridgehead atoms. The van der Waals surface area contributed by atoms with E-state index in [9.17, 15) is 24.3 Å². The number of nitrogens with zero attached hydrogens (tertiary/aromatic N) is 1. The molecule has 3 N–H and O–H groups in total. The molecule has 1 heterocycles. The maximum atomic E-state index is 13.3. The number of halogens is 1. The molecule has 2 rings (SSSR count). The highest BCUT2D eigenvalue weighted by atomic mass is 79.9. The van der Waals surface area contributed by atoms with Crippen LogP contribution in [0.15, 0.2) is 34.3 Å². The van der Waals surface area contributed by atoms with Gasteiger partial charge in [-0.3, -0.25) is 14.4 Å². The number of hydrogen-bond acceptors (Lipinski definition) is 6. The summed E-state index contributed by atoms with van der Waals surface area (Å²) in [5, 5.41) is 15.2. The van der Waals surface area contributed by atoms with Gasteiger partial charge in [-0.1, -0.05) is 31.6 Å². The van der Waals surface area contributed by atoms with Gasteiger partial charge in [0.2, 0.25) is 17.7 Å². The summed E-state index contributed by atoms with van der Waals surface area (Å²) >= 11 is 3.26. The zero-order valence-corrected chi connectivity index (χ0v) is 23.9. The Morgan fingerprint density at radius 3 is 2.43 bits per heavy atom. The van der Waals surface area contributed by atoms with Crippen LogP contribution in [0.3, 0.4) is 0 Å². The quantitative estimate of drug-likeness (QED) is 0.365. The summed E-state index contributed by atoms with van der Waals surface area (Å²) in [6.45, 7) is 8.85. The molecule has 2 unspecified atom stereocenters. The van der Waals surface area contributed by atoms with Crippen LogP contribution in [0.4, 0.5) is 0 Å². The number of benzene rings is 1. The number of likely N-dealkylation sites (N-methyl/N-ethyl adjacent to an activating group) is 1. The molecule has 0 spiro atoms. The minimum absolute atomic E-state index is 0.0454. The van der Waals surface area contributed by atoms with Crippen LogP contribution in [0.2, 0.25) is 0 Å². The van der Waals surface area contributed by atoms with Crippen molar-refractivity contribution in [2.24, 2.45) is 11.8 Å². The summed E-state index contributed by atoms with van der Waals surface area (Å²) in [6.07, 6.45) is 2.94. The summed E-state index contributed by atoms with van der Waals surface area (Å²) in [4.78, 5) is 52.9. The number of phenolic OH excluding ortho intramolecular Hbond substituents is 1. The maximum Gasteiger partial charge on any atom is 0.328 e. The second-order valence-electron chi connectivity index (χ2n) is 10.0. The van der Waals surface area contributed by atoms with Crippen molar-refractivity contribution in [1.29, 1.82) is 0 Å². The molecule has 1 aliphatic rings. The molecule has 1 aromatic carbocycles. The first-order valence-corrected chi connectivity index (χ1v) is 13.3. The van der Waals surface area contributed by atoms with Gasteiger partial charge in [0.1, 0.15) is 17.8 Å². The van der Waals surface area contributed by atoms with E-state index < -0.39 is 29.9 Å². The van der Waals surface area contributed by atoms with Crippen molar-refractivity contribution in [3.63, 3.8) is 0 Å². The van der Waals surface area contributed by atoms with E-state index in [-0.39, 0.29) is 42.6 Å². The van der Waals surface area contributed by atoms with Crippen molar-refractivity contribution in [3.05, 3.63) is 39.9 Å². The van der Waals surface area contributed by atoms with Gasteiger partial charge in [0.25, 0.3) is 0 Å². The van der Waals surface area contributed by atoms with Gasteiger partial charge in [-0.05, 0) is 73.2 Å². The topological polar surface area (TPSA) is 125 Å². The smallest absolute Gasteiger partial charge is 0.328 e. The van der Waals surface area contributed by atoms with Crippen LogP contribution >= 0.6 is 15.9 Å². The third-order valence-electron chi connectivity index (χ3n) is 6.40. The van der Waals surface area contributed by atoms with E-state index in [1.807, 2.05) is 13.8 Å². The number of phenols is 1. The summed E-state index contributed by atoms with van der Waals surface area (Å²) < 4.78 is 6.02. The van der Waals surface area contributed by atoms with Crippen LogP contribution in [0.1, 0.15) is 53.0 Å². The van der Waals surface area contributed by atoms with Crippen LogP contribution < -0.4 is 10.6 Å². The number of carbonyl (C=O) groups excluding carboxylic acids is 4. The van der Waals surface area contributed by atoms with Crippen molar-refractivity contribution in [2.45, 2.75) is 72.1 Å². The zero-order valence-electron chi connectivity index (χ0n) is 22.3.